The lowest BCUT2D eigenvalue weighted by atomic mass is 10.1. The number of carbonyl (C=O) groups excluding carboxylic acids is 1. The Morgan fingerprint density at radius 2 is 2.10 bits per heavy atom. The molecule has 1 amide bonds. The number of benzene rings is 1. The van der Waals surface area contributed by atoms with Crippen LogP contribution in [0.3, 0.4) is 0 Å². The third-order valence-electron chi connectivity index (χ3n) is 3.01. The summed E-state index contributed by atoms with van der Waals surface area (Å²) < 4.78 is 0.892. The summed E-state index contributed by atoms with van der Waals surface area (Å²) >= 11 is 3.36. The predicted octanol–water partition coefficient (Wildman–Crippen LogP) is 4.23. The van der Waals surface area contributed by atoms with E-state index >= 15 is 0 Å². The highest BCUT2D eigenvalue weighted by molar-refractivity contribution is 9.10. The SMILES string of the molecule is CCCNc1ccccc1C(=O)Nc1ncc(Br)cc1C. The van der Waals surface area contributed by atoms with E-state index in [0.717, 1.165) is 28.7 Å². The zero-order chi connectivity index (χ0) is 15.2. The summed E-state index contributed by atoms with van der Waals surface area (Å²) in [6.45, 7) is 4.83. The number of anilines is 2. The van der Waals surface area contributed by atoms with E-state index in [0.29, 0.717) is 11.4 Å². The van der Waals surface area contributed by atoms with Crippen molar-refractivity contribution in [3.05, 3.63) is 52.1 Å². The fourth-order valence-corrected chi connectivity index (χ4v) is 2.39. The summed E-state index contributed by atoms with van der Waals surface area (Å²) in [5.74, 6) is 0.417. The van der Waals surface area contributed by atoms with Crippen LogP contribution >= 0.6 is 15.9 Å². The zero-order valence-electron chi connectivity index (χ0n) is 12.1. The Hall–Kier alpha value is -1.88. The molecule has 0 atom stereocenters. The Bertz CT molecular complexity index is 643. The van der Waals surface area contributed by atoms with Gasteiger partial charge < -0.3 is 10.6 Å². The predicted molar refractivity (Wildman–Crippen MR) is 89.8 cm³/mol. The first kappa shape index (κ1) is 15.5. The molecule has 0 bridgehead atoms. The van der Waals surface area contributed by atoms with Gasteiger partial charge in [0.25, 0.3) is 5.91 Å². The molecule has 2 N–H and O–H groups in total. The van der Waals surface area contributed by atoms with Gasteiger partial charge in [0.15, 0.2) is 0 Å². The number of nitrogens with one attached hydrogen (secondary N) is 2. The molecule has 0 saturated heterocycles. The van der Waals surface area contributed by atoms with Crippen molar-refractivity contribution in [2.24, 2.45) is 0 Å². The molecule has 21 heavy (non-hydrogen) atoms. The number of aromatic nitrogens is 1. The van der Waals surface area contributed by atoms with Crippen LogP contribution in [0.2, 0.25) is 0 Å². The molecular formula is C16H18BrN3O. The number of carbonyl (C=O) groups is 1. The molecule has 2 rings (SSSR count). The summed E-state index contributed by atoms with van der Waals surface area (Å²) in [4.78, 5) is 16.7. The monoisotopic (exact) mass is 347 g/mol. The fraction of sp³-hybridized carbons (Fsp3) is 0.250. The molecule has 2 aromatic rings. The average Bonchev–Trinajstić information content (AvgIpc) is 2.48. The van der Waals surface area contributed by atoms with Crippen LogP contribution in [0.4, 0.5) is 11.5 Å². The number of para-hydroxylation sites is 1. The van der Waals surface area contributed by atoms with Crippen molar-refractivity contribution in [2.75, 3.05) is 17.2 Å². The smallest absolute Gasteiger partial charge is 0.258 e. The highest BCUT2D eigenvalue weighted by Gasteiger charge is 2.12. The lowest BCUT2D eigenvalue weighted by molar-refractivity contribution is 0.102. The molecule has 1 aromatic heterocycles. The molecule has 0 saturated carbocycles. The van der Waals surface area contributed by atoms with E-state index in [-0.39, 0.29) is 5.91 Å². The van der Waals surface area contributed by atoms with Gasteiger partial charge in [0, 0.05) is 22.9 Å². The van der Waals surface area contributed by atoms with Gasteiger partial charge in [-0.05, 0) is 53.0 Å². The summed E-state index contributed by atoms with van der Waals surface area (Å²) in [5.41, 5.74) is 2.37. The Labute approximate surface area is 133 Å². The molecule has 0 aliphatic heterocycles. The Morgan fingerprint density at radius 3 is 2.81 bits per heavy atom. The molecule has 1 heterocycles. The minimum atomic E-state index is -0.160. The topological polar surface area (TPSA) is 54.0 Å². The lowest BCUT2D eigenvalue weighted by Gasteiger charge is -2.12. The van der Waals surface area contributed by atoms with E-state index in [4.69, 9.17) is 0 Å². The average molecular weight is 348 g/mol. The second-order valence-electron chi connectivity index (χ2n) is 4.75. The maximum Gasteiger partial charge on any atom is 0.258 e. The normalized spacial score (nSPS) is 10.2. The largest absolute Gasteiger partial charge is 0.384 e. The molecule has 4 nitrogen and oxygen atoms in total. The van der Waals surface area contributed by atoms with Gasteiger partial charge in [-0.2, -0.15) is 0 Å². The van der Waals surface area contributed by atoms with Crippen LogP contribution in [-0.4, -0.2) is 17.4 Å². The van der Waals surface area contributed by atoms with Crippen molar-refractivity contribution >= 4 is 33.3 Å². The van der Waals surface area contributed by atoms with E-state index in [1.54, 1.807) is 6.20 Å². The number of nitrogens with zero attached hydrogens (tertiary/aromatic N) is 1. The van der Waals surface area contributed by atoms with Gasteiger partial charge in [-0.3, -0.25) is 4.79 Å². The molecule has 1 aromatic carbocycles. The molecule has 0 aliphatic rings. The molecule has 0 aliphatic carbocycles. The standard InChI is InChI=1S/C16H18BrN3O/c1-3-8-18-14-7-5-4-6-13(14)16(21)20-15-11(2)9-12(17)10-19-15/h4-7,9-10,18H,3,8H2,1-2H3,(H,19,20,21). The summed E-state index contributed by atoms with van der Waals surface area (Å²) in [5, 5.41) is 6.12. The Balaban J connectivity index is 2.20. The van der Waals surface area contributed by atoms with Gasteiger partial charge >= 0.3 is 0 Å². The molecular weight excluding hydrogens is 330 g/mol. The highest BCUT2D eigenvalue weighted by atomic mass is 79.9. The van der Waals surface area contributed by atoms with Gasteiger partial charge in [0.2, 0.25) is 0 Å². The van der Waals surface area contributed by atoms with Gasteiger partial charge in [-0.1, -0.05) is 19.1 Å². The first-order chi connectivity index (χ1) is 10.1. The number of halogens is 1. The van der Waals surface area contributed by atoms with E-state index in [1.165, 1.54) is 0 Å². The third-order valence-corrected chi connectivity index (χ3v) is 3.45. The Morgan fingerprint density at radius 1 is 1.33 bits per heavy atom. The van der Waals surface area contributed by atoms with Crippen LogP contribution in [0.1, 0.15) is 29.3 Å². The first-order valence-corrected chi connectivity index (χ1v) is 7.67. The molecule has 0 unspecified atom stereocenters. The minimum absolute atomic E-state index is 0.160. The molecule has 0 spiro atoms. The maximum atomic E-state index is 12.4. The van der Waals surface area contributed by atoms with Crippen molar-refractivity contribution in [2.45, 2.75) is 20.3 Å². The van der Waals surface area contributed by atoms with Crippen molar-refractivity contribution < 1.29 is 4.79 Å². The summed E-state index contributed by atoms with van der Waals surface area (Å²) in [6, 6.07) is 9.41. The minimum Gasteiger partial charge on any atom is -0.384 e. The van der Waals surface area contributed by atoms with Gasteiger partial charge in [0.05, 0.1) is 5.56 Å². The second kappa shape index (κ2) is 7.22. The number of aryl methyl sites for hydroxylation is 1. The zero-order valence-corrected chi connectivity index (χ0v) is 13.7. The van der Waals surface area contributed by atoms with E-state index < -0.39 is 0 Å². The summed E-state index contributed by atoms with van der Waals surface area (Å²) in [6.07, 6.45) is 2.67. The van der Waals surface area contributed by atoms with E-state index in [9.17, 15) is 4.79 Å². The molecule has 0 radical (unpaired) electrons. The van der Waals surface area contributed by atoms with Crippen LogP contribution in [-0.2, 0) is 0 Å². The first-order valence-electron chi connectivity index (χ1n) is 6.88. The number of rotatable bonds is 5. The third kappa shape index (κ3) is 4.04. The highest BCUT2D eigenvalue weighted by Crippen LogP contribution is 2.20. The molecule has 0 fully saturated rings. The second-order valence-corrected chi connectivity index (χ2v) is 5.66. The number of pyridine rings is 1. The van der Waals surface area contributed by atoms with Gasteiger partial charge in [0.1, 0.15) is 5.82 Å². The van der Waals surface area contributed by atoms with Crippen LogP contribution in [0.25, 0.3) is 0 Å². The fourth-order valence-electron chi connectivity index (χ4n) is 1.94. The van der Waals surface area contributed by atoms with Crippen molar-refractivity contribution in [1.82, 2.24) is 4.98 Å². The van der Waals surface area contributed by atoms with E-state index in [1.807, 2.05) is 37.3 Å². The summed E-state index contributed by atoms with van der Waals surface area (Å²) in [7, 11) is 0. The number of hydrogen-bond acceptors (Lipinski definition) is 3. The van der Waals surface area contributed by atoms with Gasteiger partial charge in [-0.15, -0.1) is 0 Å². The molecule has 110 valence electrons. The van der Waals surface area contributed by atoms with Crippen molar-refractivity contribution in [1.29, 1.82) is 0 Å². The van der Waals surface area contributed by atoms with Crippen molar-refractivity contribution in [3.8, 4) is 0 Å². The Kier molecular flexibility index (Phi) is 5.33. The van der Waals surface area contributed by atoms with Gasteiger partial charge in [-0.25, -0.2) is 4.98 Å². The molecule has 5 heteroatoms. The van der Waals surface area contributed by atoms with E-state index in [2.05, 4.69) is 38.5 Å². The quantitative estimate of drug-likeness (QED) is 0.850. The number of amides is 1. The maximum absolute atomic E-state index is 12.4. The number of hydrogen-bond donors (Lipinski definition) is 2. The van der Waals surface area contributed by atoms with Crippen LogP contribution in [0.15, 0.2) is 41.0 Å². The van der Waals surface area contributed by atoms with Crippen LogP contribution in [0, 0.1) is 6.92 Å². The van der Waals surface area contributed by atoms with Crippen LogP contribution < -0.4 is 10.6 Å². The lowest BCUT2D eigenvalue weighted by Crippen LogP contribution is -2.16. The van der Waals surface area contributed by atoms with Crippen molar-refractivity contribution in [3.63, 3.8) is 0 Å². The van der Waals surface area contributed by atoms with Crippen LogP contribution in [0.5, 0.6) is 0 Å².